The van der Waals surface area contributed by atoms with E-state index in [1.165, 1.54) is 13.2 Å². The number of benzene rings is 2. The van der Waals surface area contributed by atoms with Crippen LogP contribution in [-0.4, -0.2) is 19.3 Å². The molecule has 0 saturated carbocycles. The molecule has 0 amide bonds. The Balaban J connectivity index is 2.45. The van der Waals surface area contributed by atoms with Crippen molar-refractivity contribution in [2.45, 2.75) is 13.0 Å². The number of methoxy groups -OCH3 is 2. The van der Waals surface area contributed by atoms with Gasteiger partial charge in [-0.25, -0.2) is 4.39 Å². The summed E-state index contributed by atoms with van der Waals surface area (Å²) in [5.41, 5.74) is 1.55. The minimum absolute atomic E-state index is 0.344. The second-order valence-electron chi connectivity index (χ2n) is 4.52. The molecule has 1 atom stereocenters. The van der Waals surface area contributed by atoms with E-state index in [1.807, 2.05) is 0 Å². The summed E-state index contributed by atoms with van der Waals surface area (Å²) in [4.78, 5) is 0. The zero-order chi connectivity index (χ0) is 14.7. The highest BCUT2D eigenvalue weighted by Crippen LogP contribution is 2.33. The highest BCUT2D eigenvalue weighted by Gasteiger charge is 2.17. The van der Waals surface area contributed by atoms with Crippen molar-refractivity contribution >= 4 is 0 Å². The average molecular weight is 276 g/mol. The van der Waals surface area contributed by atoms with E-state index in [0.29, 0.717) is 28.2 Å². The number of rotatable bonds is 4. The molecule has 0 aromatic heterocycles. The van der Waals surface area contributed by atoms with Gasteiger partial charge in [-0.3, -0.25) is 0 Å². The predicted octanol–water partition coefficient (Wildman–Crippen LogP) is 3.23. The summed E-state index contributed by atoms with van der Waals surface area (Å²) in [6, 6.07) is 9.80. The first-order valence-corrected chi connectivity index (χ1v) is 6.23. The molecular weight excluding hydrogens is 259 g/mol. The number of aliphatic hydroxyl groups excluding tert-OH is 1. The van der Waals surface area contributed by atoms with Crippen LogP contribution in [0, 0.1) is 12.7 Å². The minimum atomic E-state index is -0.977. The predicted molar refractivity (Wildman–Crippen MR) is 74.7 cm³/mol. The molecule has 1 N–H and O–H groups in total. The number of hydrogen-bond donors (Lipinski definition) is 1. The van der Waals surface area contributed by atoms with E-state index in [0.717, 1.165) is 0 Å². The standard InChI is InChI=1S/C16H17FO3/c1-10-4-5-11(8-14(10)17)16(18)13-9-12(19-2)6-7-15(13)20-3/h4-9,16,18H,1-3H3. The van der Waals surface area contributed by atoms with Crippen LogP contribution in [0.2, 0.25) is 0 Å². The Morgan fingerprint density at radius 1 is 1.05 bits per heavy atom. The van der Waals surface area contributed by atoms with Crippen molar-refractivity contribution in [3.63, 3.8) is 0 Å². The summed E-state index contributed by atoms with van der Waals surface area (Å²) >= 11 is 0. The van der Waals surface area contributed by atoms with Crippen LogP contribution in [0.5, 0.6) is 11.5 Å². The molecule has 0 heterocycles. The summed E-state index contributed by atoms with van der Waals surface area (Å²) < 4.78 is 24.0. The van der Waals surface area contributed by atoms with Crippen LogP contribution >= 0.6 is 0 Å². The van der Waals surface area contributed by atoms with Crippen molar-refractivity contribution in [2.24, 2.45) is 0 Å². The fourth-order valence-corrected chi connectivity index (χ4v) is 2.01. The zero-order valence-electron chi connectivity index (χ0n) is 11.7. The second-order valence-corrected chi connectivity index (χ2v) is 4.52. The third kappa shape index (κ3) is 2.75. The summed E-state index contributed by atoms with van der Waals surface area (Å²) in [6.45, 7) is 1.68. The highest BCUT2D eigenvalue weighted by atomic mass is 19.1. The van der Waals surface area contributed by atoms with E-state index in [1.54, 1.807) is 44.4 Å². The lowest BCUT2D eigenvalue weighted by Crippen LogP contribution is -2.04. The van der Waals surface area contributed by atoms with Gasteiger partial charge in [-0.2, -0.15) is 0 Å². The number of ether oxygens (including phenoxy) is 2. The SMILES string of the molecule is COc1ccc(OC)c(C(O)c2ccc(C)c(F)c2)c1. The van der Waals surface area contributed by atoms with Crippen molar-refractivity contribution < 1.29 is 19.0 Å². The molecule has 0 bridgehead atoms. The number of hydrogen-bond acceptors (Lipinski definition) is 3. The topological polar surface area (TPSA) is 38.7 Å². The Bertz CT molecular complexity index is 611. The van der Waals surface area contributed by atoms with E-state index in [2.05, 4.69) is 0 Å². The van der Waals surface area contributed by atoms with Gasteiger partial charge >= 0.3 is 0 Å². The van der Waals surface area contributed by atoms with Crippen molar-refractivity contribution in [1.82, 2.24) is 0 Å². The number of aliphatic hydroxyl groups is 1. The van der Waals surface area contributed by atoms with Gasteiger partial charge in [0.2, 0.25) is 0 Å². The molecule has 0 fully saturated rings. The maximum atomic E-state index is 13.6. The molecule has 0 aliphatic carbocycles. The lowest BCUT2D eigenvalue weighted by molar-refractivity contribution is 0.213. The lowest BCUT2D eigenvalue weighted by Gasteiger charge is -2.16. The minimum Gasteiger partial charge on any atom is -0.497 e. The molecule has 0 aliphatic rings. The molecule has 106 valence electrons. The Morgan fingerprint density at radius 2 is 1.80 bits per heavy atom. The van der Waals surface area contributed by atoms with Crippen LogP contribution in [0.1, 0.15) is 22.8 Å². The molecule has 0 radical (unpaired) electrons. The third-order valence-electron chi connectivity index (χ3n) is 3.24. The first-order valence-electron chi connectivity index (χ1n) is 6.23. The second kappa shape index (κ2) is 5.92. The van der Waals surface area contributed by atoms with Crippen LogP contribution in [0.15, 0.2) is 36.4 Å². The third-order valence-corrected chi connectivity index (χ3v) is 3.24. The summed E-state index contributed by atoms with van der Waals surface area (Å²) in [6.07, 6.45) is -0.977. The average Bonchev–Trinajstić information content (AvgIpc) is 2.48. The molecule has 2 rings (SSSR count). The van der Waals surface area contributed by atoms with Crippen LogP contribution in [0.25, 0.3) is 0 Å². The summed E-state index contributed by atoms with van der Waals surface area (Å²) in [5, 5.41) is 10.4. The number of aryl methyl sites for hydroxylation is 1. The van der Waals surface area contributed by atoms with Gasteiger partial charge in [-0.05, 0) is 42.3 Å². The molecule has 0 aliphatic heterocycles. The molecule has 20 heavy (non-hydrogen) atoms. The maximum absolute atomic E-state index is 13.6. The lowest BCUT2D eigenvalue weighted by atomic mass is 9.99. The Labute approximate surface area is 117 Å². The van der Waals surface area contributed by atoms with Crippen molar-refractivity contribution in [3.8, 4) is 11.5 Å². The monoisotopic (exact) mass is 276 g/mol. The molecule has 3 nitrogen and oxygen atoms in total. The van der Waals surface area contributed by atoms with Gasteiger partial charge in [0.25, 0.3) is 0 Å². The normalized spacial score (nSPS) is 12.1. The first-order chi connectivity index (χ1) is 9.56. The van der Waals surface area contributed by atoms with E-state index < -0.39 is 6.10 Å². The van der Waals surface area contributed by atoms with E-state index in [9.17, 15) is 9.50 Å². The van der Waals surface area contributed by atoms with Gasteiger partial charge in [-0.15, -0.1) is 0 Å². The van der Waals surface area contributed by atoms with Crippen LogP contribution < -0.4 is 9.47 Å². The molecule has 2 aromatic carbocycles. The van der Waals surface area contributed by atoms with E-state index >= 15 is 0 Å². The van der Waals surface area contributed by atoms with Gasteiger partial charge in [0, 0.05) is 5.56 Å². The van der Waals surface area contributed by atoms with Gasteiger partial charge in [0.05, 0.1) is 14.2 Å². The van der Waals surface area contributed by atoms with Crippen molar-refractivity contribution in [2.75, 3.05) is 14.2 Å². The molecule has 0 saturated heterocycles. The van der Waals surface area contributed by atoms with Crippen LogP contribution in [0.4, 0.5) is 4.39 Å². The van der Waals surface area contributed by atoms with Gasteiger partial charge in [0.15, 0.2) is 0 Å². The van der Waals surface area contributed by atoms with Crippen LogP contribution in [0.3, 0.4) is 0 Å². The Hall–Kier alpha value is -2.07. The largest absolute Gasteiger partial charge is 0.497 e. The fraction of sp³-hybridized carbons (Fsp3) is 0.250. The highest BCUT2D eigenvalue weighted by molar-refractivity contribution is 5.45. The van der Waals surface area contributed by atoms with E-state index in [4.69, 9.17) is 9.47 Å². The first kappa shape index (κ1) is 14.3. The Morgan fingerprint density at radius 3 is 2.40 bits per heavy atom. The summed E-state index contributed by atoms with van der Waals surface area (Å²) in [7, 11) is 3.07. The molecule has 4 heteroatoms. The molecule has 2 aromatic rings. The zero-order valence-corrected chi connectivity index (χ0v) is 11.7. The van der Waals surface area contributed by atoms with Crippen molar-refractivity contribution in [1.29, 1.82) is 0 Å². The van der Waals surface area contributed by atoms with E-state index in [-0.39, 0.29) is 5.82 Å². The van der Waals surface area contributed by atoms with Gasteiger partial charge in [0.1, 0.15) is 23.4 Å². The van der Waals surface area contributed by atoms with Gasteiger partial charge < -0.3 is 14.6 Å². The Kier molecular flexibility index (Phi) is 4.25. The fourth-order valence-electron chi connectivity index (χ4n) is 2.01. The van der Waals surface area contributed by atoms with Crippen molar-refractivity contribution in [3.05, 3.63) is 58.9 Å². The number of halogens is 1. The van der Waals surface area contributed by atoms with Crippen LogP contribution in [-0.2, 0) is 0 Å². The smallest absolute Gasteiger partial charge is 0.126 e. The summed E-state index contributed by atoms with van der Waals surface area (Å²) in [5.74, 6) is 0.787. The van der Waals surface area contributed by atoms with Gasteiger partial charge in [-0.1, -0.05) is 12.1 Å². The quantitative estimate of drug-likeness (QED) is 0.931. The molecular formula is C16H17FO3. The molecule has 0 spiro atoms. The molecule has 1 unspecified atom stereocenters. The maximum Gasteiger partial charge on any atom is 0.126 e.